The van der Waals surface area contributed by atoms with Crippen LogP contribution in [0.15, 0.2) is 29.2 Å². The third-order valence-corrected chi connectivity index (χ3v) is 3.58. The van der Waals surface area contributed by atoms with Crippen LogP contribution < -0.4 is 0 Å². The third kappa shape index (κ3) is 4.39. The van der Waals surface area contributed by atoms with E-state index in [2.05, 4.69) is 0 Å². The summed E-state index contributed by atoms with van der Waals surface area (Å²) in [6.45, 7) is 0. The summed E-state index contributed by atoms with van der Waals surface area (Å²) in [5.74, 6) is -0.925. The van der Waals surface area contributed by atoms with E-state index in [1.54, 1.807) is 0 Å². The van der Waals surface area contributed by atoms with Crippen LogP contribution in [-0.2, 0) is 10.1 Å². The Morgan fingerprint density at radius 1 is 0.913 bits per heavy atom. The van der Waals surface area contributed by atoms with Gasteiger partial charge in [-0.25, -0.2) is 0 Å². The van der Waals surface area contributed by atoms with Crippen LogP contribution in [0, 0.1) is 20.2 Å². The summed E-state index contributed by atoms with van der Waals surface area (Å²) in [5.41, 5.74) is -1.61. The monoisotopic (exact) mass is 362 g/mol. The van der Waals surface area contributed by atoms with Crippen LogP contribution in [0.3, 0.4) is 0 Å². The van der Waals surface area contributed by atoms with Crippen LogP contribution in [0.2, 0.25) is 0 Å². The summed E-state index contributed by atoms with van der Waals surface area (Å²) in [4.78, 5) is 19.1. The summed E-state index contributed by atoms with van der Waals surface area (Å²) >= 11 is 0. The van der Waals surface area contributed by atoms with Crippen molar-refractivity contribution in [2.75, 3.05) is 0 Å². The zero-order chi connectivity index (χ0) is 15.9. The molecule has 0 fully saturated rings. The second kappa shape index (κ2) is 7.85. The van der Waals surface area contributed by atoms with Gasteiger partial charge in [-0.05, 0) is 18.2 Å². The maximum absolute atomic E-state index is 11.0. The molecule has 114 valence electrons. The predicted molar refractivity (Wildman–Crippen MR) is 83.0 cm³/mol. The van der Waals surface area contributed by atoms with Gasteiger partial charge in [0.25, 0.3) is 15.8 Å². The predicted octanol–water partition coefficient (Wildman–Crippen LogP) is 0.311. The van der Waals surface area contributed by atoms with Gasteiger partial charge in [-0.2, -0.15) is 8.42 Å². The minimum atomic E-state index is -4.63. The topological polar surface area (TPSA) is 161 Å². The van der Waals surface area contributed by atoms with Gasteiger partial charge in [0.2, 0.25) is 5.75 Å². The molecule has 10 nitrogen and oxygen atoms in total. The van der Waals surface area contributed by atoms with Crippen molar-refractivity contribution in [1.82, 2.24) is 0 Å². The van der Waals surface area contributed by atoms with E-state index in [1.165, 1.54) is 0 Å². The van der Waals surface area contributed by atoms with Crippen molar-refractivity contribution in [3.63, 3.8) is 0 Å². The fourth-order valence-electron chi connectivity index (χ4n) is 1.81. The molecule has 0 radical (unpaired) electrons. The van der Waals surface area contributed by atoms with Gasteiger partial charge in [-0.3, -0.25) is 24.8 Å². The number of nitro groups is 2. The number of hydrogen-bond donors (Lipinski definition) is 2. The van der Waals surface area contributed by atoms with Gasteiger partial charge < -0.3 is 5.11 Å². The van der Waals surface area contributed by atoms with Crippen LogP contribution in [0.4, 0.5) is 11.4 Å². The van der Waals surface area contributed by atoms with Crippen LogP contribution in [0.1, 0.15) is 0 Å². The maximum atomic E-state index is 11.0. The molecule has 13 heteroatoms. The quantitative estimate of drug-likeness (QED) is 0.341. The van der Waals surface area contributed by atoms with E-state index >= 15 is 0 Å². The Bertz CT molecular complexity index is 899. The number of hydrogen-bond acceptors (Lipinski definition) is 7. The number of nitrogens with zero attached hydrogens (tertiary/aromatic N) is 2. The number of rotatable bonds is 3. The Labute approximate surface area is 173 Å². The Kier molecular flexibility index (Phi) is 7.59. The first-order valence-corrected chi connectivity index (χ1v) is 6.63. The van der Waals surface area contributed by atoms with Gasteiger partial charge in [0, 0.05) is 5.39 Å². The molecule has 0 atom stereocenters. The van der Waals surface area contributed by atoms with E-state index in [1.807, 2.05) is 0 Å². The summed E-state index contributed by atoms with van der Waals surface area (Å²) < 4.78 is 31.0. The summed E-state index contributed by atoms with van der Waals surface area (Å²) in [5, 5.41) is 30.8. The molecule has 0 bridgehead atoms. The van der Waals surface area contributed by atoms with Crippen molar-refractivity contribution in [2.45, 2.75) is 4.90 Å². The van der Waals surface area contributed by atoms with Gasteiger partial charge in [0.05, 0.1) is 26.2 Å². The average Bonchev–Trinajstić information content (AvgIpc) is 2.36. The number of phenols is 1. The number of non-ortho nitro benzene ring substituents is 1. The Morgan fingerprint density at radius 3 is 1.87 bits per heavy atom. The Morgan fingerprint density at radius 2 is 1.43 bits per heavy atom. The molecular formula is C10H8N2Na2O8S. The summed E-state index contributed by atoms with van der Waals surface area (Å²) in [6, 6.07) is 3.15. The van der Waals surface area contributed by atoms with E-state index in [-0.39, 0.29) is 64.5 Å². The zero-order valence-electron chi connectivity index (χ0n) is 9.96. The van der Waals surface area contributed by atoms with Crippen LogP contribution in [-0.4, -0.2) is 87.0 Å². The number of nitro benzene ring substituents is 2. The summed E-state index contributed by atoms with van der Waals surface area (Å²) in [7, 11) is -4.63. The molecule has 2 aromatic carbocycles. The van der Waals surface area contributed by atoms with E-state index in [0.717, 1.165) is 18.2 Å². The Hall–Kier alpha value is -0.790. The van der Waals surface area contributed by atoms with Crippen molar-refractivity contribution in [3.8, 4) is 5.75 Å². The Balaban J connectivity index is 0.00000242. The molecule has 2 aromatic rings. The fourth-order valence-corrected chi connectivity index (χ4v) is 2.31. The molecule has 23 heavy (non-hydrogen) atoms. The van der Waals surface area contributed by atoms with Gasteiger partial charge in [-0.1, -0.05) is 0 Å². The number of aromatic hydroxyl groups is 1. The van der Waals surface area contributed by atoms with Gasteiger partial charge in [-0.15, -0.1) is 0 Å². The van der Waals surface area contributed by atoms with E-state index < -0.39 is 47.4 Å². The molecule has 0 amide bonds. The van der Waals surface area contributed by atoms with E-state index in [0.29, 0.717) is 6.07 Å². The molecule has 2 N–H and O–H groups in total. The fraction of sp³-hybridized carbons (Fsp3) is 0. The van der Waals surface area contributed by atoms with Gasteiger partial charge in [0.15, 0.2) is 0 Å². The van der Waals surface area contributed by atoms with Crippen LogP contribution in [0.5, 0.6) is 5.75 Å². The third-order valence-electron chi connectivity index (χ3n) is 2.73. The van der Waals surface area contributed by atoms with E-state index in [4.69, 9.17) is 4.55 Å². The first-order valence-electron chi connectivity index (χ1n) is 5.19. The standard InChI is InChI=1S/C10H6N2O8S.2Na.2H/c13-10-7-3-5(21(18,19)20)1-2-6(7)8(11(14)15)4-9(10)12(16)17;;;;/h1-4,13H,(H,18,19,20);;;;. The van der Waals surface area contributed by atoms with Crippen molar-refractivity contribution >= 4 is 91.4 Å². The SMILES string of the molecule is O=[N+]([O-])c1cc([N+](=O)[O-])c2ccc(S(=O)(=O)O)cc2c1O.[NaH].[NaH]. The number of benzene rings is 2. The van der Waals surface area contributed by atoms with Gasteiger partial charge in [0.1, 0.15) is 0 Å². The van der Waals surface area contributed by atoms with Crippen molar-refractivity contribution in [3.05, 3.63) is 44.5 Å². The summed E-state index contributed by atoms with van der Waals surface area (Å²) in [6.07, 6.45) is 0. The molecule has 0 saturated carbocycles. The molecule has 2 rings (SSSR count). The minimum absolute atomic E-state index is 0. The van der Waals surface area contributed by atoms with Crippen molar-refractivity contribution < 1.29 is 27.9 Å². The molecular weight excluding hydrogens is 354 g/mol. The molecule has 0 saturated heterocycles. The molecule has 0 aliphatic heterocycles. The van der Waals surface area contributed by atoms with Crippen LogP contribution in [0.25, 0.3) is 10.8 Å². The van der Waals surface area contributed by atoms with Crippen LogP contribution >= 0.6 is 0 Å². The molecule has 0 aromatic heterocycles. The second-order valence-electron chi connectivity index (χ2n) is 3.96. The zero-order valence-corrected chi connectivity index (χ0v) is 10.8. The normalized spacial score (nSPS) is 10.5. The van der Waals surface area contributed by atoms with Crippen molar-refractivity contribution in [2.24, 2.45) is 0 Å². The molecule has 0 spiro atoms. The van der Waals surface area contributed by atoms with Gasteiger partial charge >= 0.3 is 64.8 Å². The number of phenolic OH excluding ortho intramolecular Hbond substituents is 1. The second-order valence-corrected chi connectivity index (χ2v) is 5.38. The first-order chi connectivity index (χ1) is 9.62. The molecule has 0 aliphatic rings. The number of fused-ring (bicyclic) bond motifs is 1. The molecule has 0 heterocycles. The average molecular weight is 362 g/mol. The first kappa shape index (κ1) is 22.2. The molecule has 0 aliphatic carbocycles. The van der Waals surface area contributed by atoms with E-state index in [9.17, 15) is 33.8 Å². The van der Waals surface area contributed by atoms with Crippen molar-refractivity contribution in [1.29, 1.82) is 0 Å². The molecule has 0 unspecified atom stereocenters.